The second-order valence-electron chi connectivity index (χ2n) is 4.06. The van der Waals surface area contributed by atoms with Gasteiger partial charge in [-0.2, -0.15) is 0 Å². The Kier molecular flexibility index (Phi) is 3.88. The number of hydrogen-bond acceptors (Lipinski definition) is 4. The molecule has 1 aromatic heterocycles. The summed E-state index contributed by atoms with van der Waals surface area (Å²) in [6.45, 7) is 4.89. The zero-order chi connectivity index (χ0) is 12.1. The van der Waals surface area contributed by atoms with Crippen LogP contribution in [0.5, 0.6) is 0 Å². The third-order valence-corrected chi connectivity index (χ3v) is 2.70. The largest absolute Gasteiger partial charge is 0.419 e. The van der Waals surface area contributed by atoms with Crippen molar-refractivity contribution in [2.75, 3.05) is 0 Å². The van der Waals surface area contributed by atoms with Crippen molar-refractivity contribution in [3.8, 4) is 11.5 Å². The highest BCUT2D eigenvalue weighted by molar-refractivity contribution is 5.51. The quantitative estimate of drug-likeness (QED) is 0.859. The Morgan fingerprint density at radius 3 is 2.71 bits per heavy atom. The molecule has 90 valence electrons. The summed E-state index contributed by atoms with van der Waals surface area (Å²) in [5.41, 5.74) is 0.954. The Bertz CT molecular complexity index is 453. The fraction of sp³-hybridized carbons (Fsp3) is 0.385. The van der Waals surface area contributed by atoms with Crippen molar-refractivity contribution in [2.24, 2.45) is 0 Å². The van der Waals surface area contributed by atoms with Crippen molar-refractivity contribution in [1.82, 2.24) is 15.5 Å². The molecular formula is C13H17N3O. The first-order valence-electron chi connectivity index (χ1n) is 5.90. The minimum Gasteiger partial charge on any atom is -0.419 e. The van der Waals surface area contributed by atoms with Gasteiger partial charge in [-0.3, -0.25) is 0 Å². The molecule has 0 bridgehead atoms. The van der Waals surface area contributed by atoms with Crippen molar-refractivity contribution in [3.63, 3.8) is 0 Å². The van der Waals surface area contributed by atoms with E-state index in [-0.39, 0.29) is 0 Å². The van der Waals surface area contributed by atoms with E-state index in [9.17, 15) is 0 Å². The number of benzene rings is 1. The normalized spacial score (nSPS) is 12.6. The molecule has 2 rings (SSSR count). The second kappa shape index (κ2) is 5.59. The van der Waals surface area contributed by atoms with Gasteiger partial charge in [-0.1, -0.05) is 25.1 Å². The molecule has 1 N–H and O–H groups in total. The van der Waals surface area contributed by atoms with E-state index in [0.29, 0.717) is 24.4 Å². The number of aromatic nitrogens is 2. The molecule has 0 spiro atoms. The smallest absolute Gasteiger partial charge is 0.247 e. The topological polar surface area (TPSA) is 51.0 Å². The fourth-order valence-corrected chi connectivity index (χ4v) is 1.43. The maximum Gasteiger partial charge on any atom is 0.247 e. The maximum atomic E-state index is 5.58. The summed E-state index contributed by atoms with van der Waals surface area (Å²) >= 11 is 0. The lowest BCUT2D eigenvalue weighted by Crippen LogP contribution is -2.24. The molecule has 4 nitrogen and oxygen atoms in total. The maximum absolute atomic E-state index is 5.58. The van der Waals surface area contributed by atoms with Crippen LogP contribution in [0.4, 0.5) is 0 Å². The molecule has 2 aromatic rings. The molecule has 0 saturated heterocycles. The van der Waals surface area contributed by atoms with Crippen molar-refractivity contribution in [2.45, 2.75) is 32.9 Å². The highest BCUT2D eigenvalue weighted by Gasteiger charge is 2.08. The molecule has 0 aliphatic carbocycles. The van der Waals surface area contributed by atoms with Gasteiger partial charge in [-0.25, -0.2) is 0 Å². The third kappa shape index (κ3) is 3.14. The Balaban J connectivity index is 2.01. The predicted molar refractivity (Wildman–Crippen MR) is 66.3 cm³/mol. The molecule has 0 aliphatic rings. The molecule has 4 heteroatoms. The van der Waals surface area contributed by atoms with E-state index in [1.54, 1.807) is 0 Å². The standard InChI is InChI=1S/C13H17N3O/c1-3-10(2)14-9-12-15-16-13(17-12)11-7-5-4-6-8-11/h4-8,10,14H,3,9H2,1-2H3. The molecule has 1 atom stereocenters. The van der Waals surface area contributed by atoms with Gasteiger partial charge in [0.05, 0.1) is 6.54 Å². The van der Waals surface area contributed by atoms with Crippen molar-refractivity contribution in [1.29, 1.82) is 0 Å². The van der Waals surface area contributed by atoms with E-state index in [1.165, 1.54) is 0 Å². The molecule has 0 amide bonds. The molecule has 1 heterocycles. The van der Waals surface area contributed by atoms with E-state index < -0.39 is 0 Å². The molecule has 0 saturated carbocycles. The minimum absolute atomic E-state index is 0.460. The molecule has 0 aliphatic heterocycles. The first-order valence-corrected chi connectivity index (χ1v) is 5.90. The Morgan fingerprint density at radius 2 is 2.00 bits per heavy atom. The monoisotopic (exact) mass is 231 g/mol. The lowest BCUT2D eigenvalue weighted by molar-refractivity contribution is 0.444. The summed E-state index contributed by atoms with van der Waals surface area (Å²) in [6, 6.07) is 10.2. The Hall–Kier alpha value is -1.68. The summed E-state index contributed by atoms with van der Waals surface area (Å²) < 4.78 is 5.58. The van der Waals surface area contributed by atoms with E-state index in [0.717, 1.165) is 12.0 Å². The van der Waals surface area contributed by atoms with Gasteiger partial charge in [0.15, 0.2) is 0 Å². The van der Waals surface area contributed by atoms with Crippen LogP contribution >= 0.6 is 0 Å². The molecule has 0 fully saturated rings. The van der Waals surface area contributed by atoms with Crippen molar-refractivity contribution < 1.29 is 4.42 Å². The van der Waals surface area contributed by atoms with Gasteiger partial charge in [0.2, 0.25) is 11.8 Å². The second-order valence-corrected chi connectivity index (χ2v) is 4.06. The van der Waals surface area contributed by atoms with Crippen LogP contribution in [0, 0.1) is 0 Å². The average Bonchev–Trinajstić information content (AvgIpc) is 2.86. The number of nitrogens with zero attached hydrogens (tertiary/aromatic N) is 2. The summed E-state index contributed by atoms with van der Waals surface area (Å²) in [6.07, 6.45) is 1.08. The SMILES string of the molecule is CCC(C)NCc1nnc(-c2ccccc2)o1. The highest BCUT2D eigenvalue weighted by atomic mass is 16.4. The average molecular weight is 231 g/mol. The van der Waals surface area contributed by atoms with Crippen LogP contribution in [0.1, 0.15) is 26.2 Å². The van der Waals surface area contributed by atoms with Crippen LogP contribution in [0.15, 0.2) is 34.7 Å². The number of nitrogens with one attached hydrogen (secondary N) is 1. The van der Waals surface area contributed by atoms with Crippen LogP contribution in [0.2, 0.25) is 0 Å². The van der Waals surface area contributed by atoms with Gasteiger partial charge in [0.25, 0.3) is 0 Å². The van der Waals surface area contributed by atoms with E-state index in [4.69, 9.17) is 4.42 Å². The van der Waals surface area contributed by atoms with Crippen molar-refractivity contribution in [3.05, 3.63) is 36.2 Å². The number of hydrogen-bond donors (Lipinski definition) is 1. The van der Waals surface area contributed by atoms with Gasteiger partial charge in [0.1, 0.15) is 0 Å². The van der Waals surface area contributed by atoms with Gasteiger partial charge >= 0.3 is 0 Å². The van der Waals surface area contributed by atoms with Gasteiger partial charge < -0.3 is 9.73 Å². The molecule has 1 aromatic carbocycles. The van der Waals surface area contributed by atoms with Gasteiger partial charge in [-0.15, -0.1) is 10.2 Å². The van der Waals surface area contributed by atoms with E-state index in [1.807, 2.05) is 30.3 Å². The van der Waals surface area contributed by atoms with Crippen LogP contribution < -0.4 is 5.32 Å². The summed E-state index contributed by atoms with van der Waals surface area (Å²) in [5, 5.41) is 11.4. The third-order valence-electron chi connectivity index (χ3n) is 2.70. The van der Waals surface area contributed by atoms with Crippen LogP contribution in [-0.4, -0.2) is 16.2 Å². The fourth-order valence-electron chi connectivity index (χ4n) is 1.43. The van der Waals surface area contributed by atoms with Gasteiger partial charge in [-0.05, 0) is 25.5 Å². The Morgan fingerprint density at radius 1 is 1.24 bits per heavy atom. The number of rotatable bonds is 5. The van der Waals surface area contributed by atoms with Crippen LogP contribution in [0.3, 0.4) is 0 Å². The first-order chi connectivity index (χ1) is 8.29. The first kappa shape index (κ1) is 11.8. The lowest BCUT2D eigenvalue weighted by Gasteiger charge is -2.07. The molecule has 17 heavy (non-hydrogen) atoms. The van der Waals surface area contributed by atoms with E-state index >= 15 is 0 Å². The highest BCUT2D eigenvalue weighted by Crippen LogP contribution is 2.16. The van der Waals surface area contributed by atoms with Crippen LogP contribution in [0.25, 0.3) is 11.5 Å². The molecule has 0 radical (unpaired) electrons. The molecular weight excluding hydrogens is 214 g/mol. The molecule has 1 unspecified atom stereocenters. The summed E-state index contributed by atoms with van der Waals surface area (Å²) in [5.74, 6) is 1.20. The summed E-state index contributed by atoms with van der Waals surface area (Å²) in [4.78, 5) is 0. The lowest BCUT2D eigenvalue weighted by atomic mass is 10.2. The zero-order valence-electron chi connectivity index (χ0n) is 10.2. The summed E-state index contributed by atoms with van der Waals surface area (Å²) in [7, 11) is 0. The predicted octanol–water partition coefficient (Wildman–Crippen LogP) is 2.62. The van der Waals surface area contributed by atoms with Crippen LogP contribution in [-0.2, 0) is 6.54 Å². The zero-order valence-corrected chi connectivity index (χ0v) is 10.2. The van der Waals surface area contributed by atoms with Gasteiger partial charge in [0, 0.05) is 11.6 Å². The Labute approximate surface area is 101 Å². The van der Waals surface area contributed by atoms with E-state index in [2.05, 4.69) is 29.4 Å². The van der Waals surface area contributed by atoms with Crippen molar-refractivity contribution >= 4 is 0 Å². The minimum atomic E-state index is 0.460.